The van der Waals surface area contributed by atoms with Gasteiger partial charge in [-0.2, -0.15) is 0 Å². The number of rotatable bonds is 12. The van der Waals surface area contributed by atoms with Crippen LogP contribution in [0.15, 0.2) is 42.5 Å². The summed E-state index contributed by atoms with van der Waals surface area (Å²) in [5, 5.41) is 3.49. The number of sulfonamides is 1. The maximum atomic E-state index is 13.3. The first kappa shape index (κ1) is 28.9. The molecule has 2 aromatic rings. The van der Waals surface area contributed by atoms with E-state index in [1.54, 1.807) is 30.3 Å². The van der Waals surface area contributed by atoms with E-state index in [1.807, 2.05) is 26.0 Å². The molecule has 192 valence electrons. The van der Waals surface area contributed by atoms with Crippen molar-refractivity contribution in [3.63, 3.8) is 0 Å². The molecule has 0 aliphatic rings. The second-order valence-electron chi connectivity index (χ2n) is 8.25. The van der Waals surface area contributed by atoms with Gasteiger partial charge in [0.25, 0.3) is 0 Å². The zero-order valence-corrected chi connectivity index (χ0v) is 22.9. The molecule has 0 unspecified atom stereocenters. The van der Waals surface area contributed by atoms with Crippen LogP contribution in [0.5, 0.6) is 0 Å². The number of carbonyl (C=O) groups excluding carboxylic acids is 2. The Morgan fingerprint density at radius 2 is 1.71 bits per heavy atom. The van der Waals surface area contributed by atoms with Crippen LogP contribution in [-0.4, -0.2) is 51.0 Å². The lowest BCUT2D eigenvalue weighted by atomic mass is 10.1. The van der Waals surface area contributed by atoms with Gasteiger partial charge in [-0.15, -0.1) is 0 Å². The topological polar surface area (TPSA) is 86.8 Å². The molecule has 2 aromatic carbocycles. The first-order valence-electron chi connectivity index (χ1n) is 11.5. The number of carbonyl (C=O) groups is 2. The van der Waals surface area contributed by atoms with E-state index in [4.69, 9.17) is 23.2 Å². The van der Waals surface area contributed by atoms with Crippen LogP contribution in [0.3, 0.4) is 0 Å². The van der Waals surface area contributed by atoms with Crippen LogP contribution in [0.4, 0.5) is 5.69 Å². The average molecular weight is 543 g/mol. The predicted octanol–water partition coefficient (Wildman–Crippen LogP) is 4.66. The second kappa shape index (κ2) is 13.1. The Hall–Kier alpha value is -2.29. The van der Waals surface area contributed by atoms with E-state index < -0.39 is 16.1 Å². The Morgan fingerprint density at radius 3 is 2.23 bits per heavy atom. The third-order valence-electron chi connectivity index (χ3n) is 5.77. The lowest BCUT2D eigenvalue weighted by Gasteiger charge is -2.31. The lowest BCUT2D eigenvalue weighted by molar-refractivity contribution is -0.141. The van der Waals surface area contributed by atoms with Crippen LogP contribution in [0.1, 0.15) is 44.2 Å². The predicted molar refractivity (Wildman–Crippen MR) is 142 cm³/mol. The molecule has 2 rings (SSSR count). The molecular weight excluding hydrogens is 509 g/mol. The molecular formula is C25H33Cl2N3O4S. The fourth-order valence-corrected chi connectivity index (χ4v) is 5.26. The first-order chi connectivity index (χ1) is 16.5. The van der Waals surface area contributed by atoms with E-state index in [9.17, 15) is 18.0 Å². The number of hydrogen-bond acceptors (Lipinski definition) is 4. The van der Waals surface area contributed by atoms with Crippen molar-refractivity contribution >= 4 is 50.7 Å². The highest BCUT2D eigenvalue weighted by atomic mass is 35.5. The molecule has 10 heteroatoms. The highest BCUT2D eigenvalue weighted by Crippen LogP contribution is 2.25. The monoisotopic (exact) mass is 541 g/mol. The number of halogens is 2. The van der Waals surface area contributed by atoms with Gasteiger partial charge in [-0.3, -0.25) is 13.9 Å². The number of likely N-dealkylation sites (N-methyl/N-ethyl adjacent to an activating group) is 1. The fraction of sp³-hybridized carbons (Fsp3) is 0.440. The van der Waals surface area contributed by atoms with Crippen molar-refractivity contribution in [2.75, 3.05) is 24.2 Å². The quantitative estimate of drug-likeness (QED) is 0.423. The number of benzene rings is 2. The minimum atomic E-state index is -3.54. The van der Waals surface area contributed by atoms with Crippen LogP contribution < -0.4 is 9.62 Å². The summed E-state index contributed by atoms with van der Waals surface area (Å²) in [6.07, 6.45) is 2.77. The van der Waals surface area contributed by atoms with Gasteiger partial charge >= 0.3 is 0 Å². The maximum Gasteiger partial charge on any atom is 0.242 e. The molecule has 7 nitrogen and oxygen atoms in total. The van der Waals surface area contributed by atoms with E-state index in [0.717, 1.165) is 18.2 Å². The summed E-state index contributed by atoms with van der Waals surface area (Å²) >= 11 is 12.3. The standard InChI is InChI=1S/C25H33Cl2N3O4S/c1-5-18-9-13-21(14-10-18)30(35(4,33)34)15-7-8-24(31)29(23(6-2)25(32)28-3)17-19-11-12-20(26)16-22(19)27/h9-14,16,23H,5-8,15,17H2,1-4H3,(H,28,32)/t23-/m0/s1. The molecule has 0 bridgehead atoms. The normalized spacial score (nSPS) is 12.2. The van der Waals surface area contributed by atoms with Crippen LogP contribution >= 0.6 is 23.2 Å². The average Bonchev–Trinajstić information content (AvgIpc) is 2.82. The summed E-state index contributed by atoms with van der Waals surface area (Å²) in [6.45, 7) is 4.13. The number of anilines is 1. The number of amides is 2. The highest BCUT2D eigenvalue weighted by molar-refractivity contribution is 7.92. The van der Waals surface area contributed by atoms with Crippen molar-refractivity contribution in [3.05, 3.63) is 63.6 Å². The minimum absolute atomic E-state index is 0.0672. The Bertz CT molecular complexity index is 1120. The van der Waals surface area contributed by atoms with Crippen LogP contribution in [0, 0.1) is 0 Å². The van der Waals surface area contributed by atoms with Crippen molar-refractivity contribution in [3.8, 4) is 0 Å². The summed E-state index contributed by atoms with van der Waals surface area (Å²) in [5.41, 5.74) is 2.33. The third-order valence-corrected chi connectivity index (χ3v) is 7.55. The smallest absolute Gasteiger partial charge is 0.242 e. The van der Waals surface area contributed by atoms with E-state index in [2.05, 4.69) is 5.32 Å². The van der Waals surface area contributed by atoms with Crippen LogP contribution in [0.2, 0.25) is 10.0 Å². The Kier molecular flexibility index (Phi) is 10.9. The molecule has 0 saturated carbocycles. The summed E-state index contributed by atoms with van der Waals surface area (Å²) in [4.78, 5) is 27.3. The zero-order valence-electron chi connectivity index (χ0n) is 20.6. The van der Waals surface area contributed by atoms with Gasteiger partial charge in [-0.1, -0.05) is 55.2 Å². The molecule has 2 amide bonds. The van der Waals surface area contributed by atoms with Gasteiger partial charge in [0.05, 0.1) is 11.9 Å². The number of hydrogen-bond donors (Lipinski definition) is 1. The Balaban J connectivity index is 2.21. The van der Waals surface area contributed by atoms with Gasteiger partial charge in [-0.05, 0) is 54.7 Å². The molecule has 0 aliphatic carbocycles. The Morgan fingerprint density at radius 1 is 1.06 bits per heavy atom. The molecule has 1 N–H and O–H groups in total. The number of nitrogens with one attached hydrogen (secondary N) is 1. The highest BCUT2D eigenvalue weighted by Gasteiger charge is 2.28. The van der Waals surface area contributed by atoms with Gasteiger partial charge < -0.3 is 10.2 Å². The van der Waals surface area contributed by atoms with Gasteiger partial charge in [-0.25, -0.2) is 8.42 Å². The van der Waals surface area contributed by atoms with E-state index in [0.29, 0.717) is 27.7 Å². The van der Waals surface area contributed by atoms with Crippen molar-refractivity contribution in [2.24, 2.45) is 0 Å². The van der Waals surface area contributed by atoms with Crippen LogP contribution in [-0.2, 0) is 32.6 Å². The fourth-order valence-electron chi connectivity index (χ4n) is 3.82. The van der Waals surface area contributed by atoms with E-state index in [1.165, 1.54) is 16.3 Å². The molecule has 0 fully saturated rings. The number of nitrogens with zero attached hydrogens (tertiary/aromatic N) is 2. The van der Waals surface area contributed by atoms with Crippen molar-refractivity contribution in [2.45, 2.75) is 52.1 Å². The van der Waals surface area contributed by atoms with Gasteiger partial charge in [0.15, 0.2) is 0 Å². The second-order valence-corrected chi connectivity index (χ2v) is 11.0. The third kappa shape index (κ3) is 8.12. The lowest BCUT2D eigenvalue weighted by Crippen LogP contribution is -2.48. The molecule has 0 aromatic heterocycles. The molecule has 0 spiro atoms. The van der Waals surface area contributed by atoms with Crippen molar-refractivity contribution in [1.29, 1.82) is 0 Å². The first-order valence-corrected chi connectivity index (χ1v) is 14.1. The van der Waals surface area contributed by atoms with Crippen molar-refractivity contribution < 1.29 is 18.0 Å². The summed E-state index contributed by atoms with van der Waals surface area (Å²) < 4.78 is 26.2. The van der Waals surface area contributed by atoms with E-state index in [-0.39, 0.29) is 37.7 Å². The van der Waals surface area contributed by atoms with Crippen molar-refractivity contribution in [1.82, 2.24) is 10.2 Å². The number of aryl methyl sites for hydroxylation is 1. The molecule has 1 atom stereocenters. The SMILES string of the molecule is CCc1ccc(N(CCCC(=O)N(Cc2ccc(Cl)cc2Cl)[C@@H](CC)C(=O)NC)S(C)(=O)=O)cc1. The zero-order chi connectivity index (χ0) is 26.2. The largest absolute Gasteiger partial charge is 0.357 e. The van der Waals surface area contributed by atoms with Crippen LogP contribution in [0.25, 0.3) is 0 Å². The molecule has 0 saturated heterocycles. The summed E-state index contributed by atoms with van der Waals surface area (Å²) in [7, 11) is -2.01. The summed E-state index contributed by atoms with van der Waals surface area (Å²) in [6, 6.07) is 11.6. The molecule has 0 heterocycles. The maximum absolute atomic E-state index is 13.3. The van der Waals surface area contributed by atoms with Gasteiger partial charge in [0, 0.05) is 36.6 Å². The summed E-state index contributed by atoms with van der Waals surface area (Å²) in [5.74, 6) is -0.541. The molecule has 0 radical (unpaired) electrons. The Labute approximate surface area is 218 Å². The van der Waals surface area contributed by atoms with E-state index >= 15 is 0 Å². The van der Waals surface area contributed by atoms with Gasteiger partial charge in [0.1, 0.15) is 6.04 Å². The van der Waals surface area contributed by atoms with Gasteiger partial charge in [0.2, 0.25) is 21.8 Å². The molecule has 35 heavy (non-hydrogen) atoms. The molecule has 0 aliphatic heterocycles. The minimum Gasteiger partial charge on any atom is -0.357 e.